The van der Waals surface area contributed by atoms with Crippen LogP contribution in [0.3, 0.4) is 0 Å². The molecule has 2 amide bonds. The molecule has 1 aliphatic heterocycles. The monoisotopic (exact) mass is 418 g/mol. The van der Waals surface area contributed by atoms with E-state index in [1.807, 2.05) is 59.5 Å². The molecule has 0 aliphatic carbocycles. The Kier molecular flexibility index (Phi) is 6.29. The molecule has 4 rings (SSSR count). The van der Waals surface area contributed by atoms with Gasteiger partial charge in [-0.2, -0.15) is 0 Å². The van der Waals surface area contributed by atoms with Gasteiger partial charge in [0.1, 0.15) is 17.7 Å². The number of aryl methyl sites for hydroxylation is 2. The van der Waals surface area contributed by atoms with E-state index in [9.17, 15) is 4.79 Å². The average Bonchev–Trinajstić information content (AvgIpc) is 3.26. The minimum absolute atomic E-state index is 0.0662. The Balaban J connectivity index is 1.50. The Bertz CT molecular complexity index is 1020. The van der Waals surface area contributed by atoms with Crippen molar-refractivity contribution in [3.05, 3.63) is 95.1 Å². The van der Waals surface area contributed by atoms with Gasteiger partial charge in [-0.3, -0.25) is 0 Å². The van der Waals surface area contributed by atoms with Crippen LogP contribution >= 0.6 is 11.8 Å². The Hall–Kier alpha value is -2.92. The van der Waals surface area contributed by atoms with E-state index in [0.29, 0.717) is 13.2 Å². The fourth-order valence-corrected chi connectivity index (χ4v) is 4.78. The maximum absolute atomic E-state index is 13.0. The van der Waals surface area contributed by atoms with Gasteiger partial charge in [0.05, 0.1) is 0 Å². The smallest absolute Gasteiger partial charge is 0.323 e. The zero-order valence-electron chi connectivity index (χ0n) is 17.3. The van der Waals surface area contributed by atoms with E-state index in [2.05, 4.69) is 37.4 Å². The molecule has 1 N–H and O–H groups in total. The molecular formula is C25H26N2O2S. The van der Waals surface area contributed by atoms with Gasteiger partial charge in [-0.05, 0) is 48.7 Å². The van der Waals surface area contributed by atoms with Crippen molar-refractivity contribution in [3.63, 3.8) is 0 Å². The molecule has 1 fully saturated rings. The summed E-state index contributed by atoms with van der Waals surface area (Å²) in [7, 11) is 0. The van der Waals surface area contributed by atoms with Crippen molar-refractivity contribution in [2.45, 2.75) is 25.8 Å². The summed E-state index contributed by atoms with van der Waals surface area (Å²) in [5, 5.41) is 3.00. The van der Waals surface area contributed by atoms with Crippen LogP contribution in [0.5, 0.6) is 5.75 Å². The Morgan fingerprint density at radius 1 is 1.03 bits per heavy atom. The first kappa shape index (κ1) is 20.4. The largest absolute Gasteiger partial charge is 0.489 e. The highest BCUT2D eigenvalue weighted by molar-refractivity contribution is 7.99. The predicted molar refractivity (Wildman–Crippen MR) is 124 cm³/mol. The van der Waals surface area contributed by atoms with E-state index >= 15 is 0 Å². The molecule has 154 valence electrons. The normalized spacial score (nSPS) is 15.8. The lowest BCUT2D eigenvalue weighted by Crippen LogP contribution is -2.34. The third kappa shape index (κ3) is 4.62. The standard InChI is InChI=1S/C25H26N2O2S/c1-18-12-13-21(16-19(18)2)26-25(28)27-14-15-30-24(27)22-10-6-7-11-23(22)29-17-20-8-4-3-5-9-20/h3-13,16,24H,14-15,17H2,1-2H3,(H,26,28)/t24-/m0/s1. The summed E-state index contributed by atoms with van der Waals surface area (Å²) in [6.07, 6.45) is 0. The molecule has 0 saturated carbocycles. The number of anilines is 1. The highest BCUT2D eigenvalue weighted by Crippen LogP contribution is 2.42. The van der Waals surface area contributed by atoms with Crippen molar-refractivity contribution < 1.29 is 9.53 Å². The quantitative estimate of drug-likeness (QED) is 0.539. The fraction of sp³-hybridized carbons (Fsp3) is 0.240. The first-order valence-electron chi connectivity index (χ1n) is 10.1. The molecule has 4 nitrogen and oxygen atoms in total. The van der Waals surface area contributed by atoms with E-state index < -0.39 is 0 Å². The number of nitrogens with one attached hydrogen (secondary N) is 1. The molecule has 1 heterocycles. The SMILES string of the molecule is Cc1ccc(NC(=O)N2CCS[C@H]2c2ccccc2OCc2ccccc2)cc1C. The average molecular weight is 419 g/mol. The number of hydrogen-bond acceptors (Lipinski definition) is 3. The first-order valence-corrected chi connectivity index (χ1v) is 11.2. The van der Waals surface area contributed by atoms with E-state index in [0.717, 1.165) is 28.3 Å². The summed E-state index contributed by atoms with van der Waals surface area (Å²) < 4.78 is 6.14. The number of urea groups is 1. The van der Waals surface area contributed by atoms with Crippen LogP contribution in [0, 0.1) is 13.8 Å². The van der Waals surface area contributed by atoms with Gasteiger partial charge < -0.3 is 15.0 Å². The van der Waals surface area contributed by atoms with Gasteiger partial charge in [-0.15, -0.1) is 11.8 Å². The summed E-state index contributed by atoms with van der Waals surface area (Å²) >= 11 is 1.77. The molecule has 30 heavy (non-hydrogen) atoms. The number of benzene rings is 3. The Morgan fingerprint density at radius 3 is 2.60 bits per heavy atom. The number of carbonyl (C=O) groups is 1. The number of carbonyl (C=O) groups excluding carboxylic acids is 1. The molecule has 0 aromatic heterocycles. The molecule has 1 aliphatic rings. The lowest BCUT2D eigenvalue weighted by atomic mass is 10.1. The zero-order valence-corrected chi connectivity index (χ0v) is 18.1. The van der Waals surface area contributed by atoms with Crippen LogP contribution in [-0.4, -0.2) is 23.2 Å². The number of nitrogens with zero attached hydrogens (tertiary/aromatic N) is 1. The highest BCUT2D eigenvalue weighted by Gasteiger charge is 2.32. The van der Waals surface area contributed by atoms with Crippen LogP contribution in [0.25, 0.3) is 0 Å². The lowest BCUT2D eigenvalue weighted by molar-refractivity contribution is 0.213. The fourth-order valence-electron chi connectivity index (χ4n) is 3.50. The predicted octanol–water partition coefficient (Wildman–Crippen LogP) is 6.16. The summed E-state index contributed by atoms with van der Waals surface area (Å²) in [6.45, 7) is 5.34. The molecule has 1 saturated heterocycles. The molecule has 1 atom stereocenters. The van der Waals surface area contributed by atoms with Gasteiger partial charge in [-0.1, -0.05) is 54.6 Å². The number of ether oxygens (including phenoxy) is 1. The van der Waals surface area contributed by atoms with Crippen LogP contribution < -0.4 is 10.1 Å². The summed E-state index contributed by atoms with van der Waals surface area (Å²) in [5.41, 5.74) is 5.36. The van der Waals surface area contributed by atoms with Crippen molar-refractivity contribution in [2.24, 2.45) is 0 Å². The Labute approximate surface area is 182 Å². The second-order valence-electron chi connectivity index (χ2n) is 7.46. The lowest BCUT2D eigenvalue weighted by Gasteiger charge is -2.26. The third-order valence-electron chi connectivity index (χ3n) is 5.33. The third-order valence-corrected chi connectivity index (χ3v) is 6.57. The minimum Gasteiger partial charge on any atom is -0.489 e. The Morgan fingerprint density at radius 2 is 1.80 bits per heavy atom. The molecule has 5 heteroatoms. The maximum Gasteiger partial charge on any atom is 0.323 e. The van der Waals surface area contributed by atoms with Crippen LogP contribution in [0.15, 0.2) is 72.8 Å². The van der Waals surface area contributed by atoms with Gasteiger partial charge in [0, 0.05) is 23.5 Å². The van der Waals surface area contributed by atoms with E-state index in [4.69, 9.17) is 4.74 Å². The van der Waals surface area contributed by atoms with Crippen molar-refractivity contribution >= 4 is 23.5 Å². The molecule has 3 aromatic carbocycles. The molecule has 0 bridgehead atoms. The van der Waals surface area contributed by atoms with Crippen LogP contribution in [0.4, 0.5) is 10.5 Å². The second-order valence-corrected chi connectivity index (χ2v) is 8.65. The summed E-state index contributed by atoms with van der Waals surface area (Å²) in [4.78, 5) is 14.9. The van der Waals surface area contributed by atoms with E-state index in [-0.39, 0.29) is 11.4 Å². The van der Waals surface area contributed by atoms with Crippen molar-refractivity contribution in [2.75, 3.05) is 17.6 Å². The summed E-state index contributed by atoms with van der Waals surface area (Å²) in [5.74, 6) is 1.72. The number of amides is 2. The van der Waals surface area contributed by atoms with Crippen molar-refractivity contribution in [1.29, 1.82) is 0 Å². The number of para-hydroxylation sites is 1. The second kappa shape index (κ2) is 9.26. The minimum atomic E-state index is -0.0777. The molecule has 0 unspecified atom stereocenters. The van der Waals surface area contributed by atoms with Gasteiger partial charge in [0.25, 0.3) is 0 Å². The van der Waals surface area contributed by atoms with Gasteiger partial charge >= 0.3 is 6.03 Å². The van der Waals surface area contributed by atoms with Gasteiger partial charge in [0.15, 0.2) is 0 Å². The first-order chi connectivity index (χ1) is 14.6. The van der Waals surface area contributed by atoms with Crippen LogP contribution in [0.1, 0.15) is 27.6 Å². The number of hydrogen-bond donors (Lipinski definition) is 1. The molecule has 0 radical (unpaired) electrons. The van der Waals surface area contributed by atoms with E-state index in [1.54, 1.807) is 11.8 Å². The summed E-state index contributed by atoms with van der Waals surface area (Å²) in [6, 6.07) is 24.1. The molecule has 0 spiro atoms. The molecular weight excluding hydrogens is 392 g/mol. The van der Waals surface area contributed by atoms with Crippen molar-refractivity contribution in [3.8, 4) is 5.75 Å². The number of rotatable bonds is 5. The van der Waals surface area contributed by atoms with Gasteiger partial charge in [-0.25, -0.2) is 4.79 Å². The van der Waals surface area contributed by atoms with Crippen LogP contribution in [-0.2, 0) is 6.61 Å². The zero-order chi connectivity index (χ0) is 20.9. The maximum atomic E-state index is 13.0. The topological polar surface area (TPSA) is 41.6 Å². The highest BCUT2D eigenvalue weighted by atomic mass is 32.2. The van der Waals surface area contributed by atoms with Crippen LogP contribution in [0.2, 0.25) is 0 Å². The van der Waals surface area contributed by atoms with Gasteiger partial charge in [0.2, 0.25) is 0 Å². The van der Waals surface area contributed by atoms with E-state index in [1.165, 1.54) is 11.1 Å². The van der Waals surface area contributed by atoms with Crippen molar-refractivity contribution in [1.82, 2.24) is 4.90 Å². The number of thioether (sulfide) groups is 1. The molecule has 3 aromatic rings.